The third kappa shape index (κ3) is 3.00. The maximum atomic E-state index is 11.8. The van der Waals surface area contributed by atoms with Crippen LogP contribution in [0.25, 0.3) is 0 Å². The van der Waals surface area contributed by atoms with E-state index >= 15 is 0 Å². The minimum atomic E-state index is -0.636. The molecule has 1 aromatic rings. The van der Waals surface area contributed by atoms with Gasteiger partial charge in [0.2, 0.25) is 5.91 Å². The maximum absolute atomic E-state index is 11.8. The molecule has 1 aliphatic rings. The highest BCUT2D eigenvalue weighted by atomic mass is 16.5. The van der Waals surface area contributed by atoms with Crippen LogP contribution in [0.2, 0.25) is 0 Å². The second-order valence-corrected chi connectivity index (χ2v) is 5.45. The first-order valence-electron chi connectivity index (χ1n) is 7.27. The van der Waals surface area contributed by atoms with Crippen LogP contribution in [0.4, 0.5) is 5.82 Å². The predicted molar refractivity (Wildman–Crippen MR) is 84.9 cm³/mol. The quantitative estimate of drug-likeness (QED) is 0.733. The molecule has 1 saturated heterocycles. The lowest BCUT2D eigenvalue weighted by Gasteiger charge is -2.21. The number of primary amides is 1. The normalized spacial score (nSPS) is 20.3. The van der Waals surface area contributed by atoms with Crippen molar-refractivity contribution in [3.63, 3.8) is 0 Å². The van der Waals surface area contributed by atoms with E-state index in [-0.39, 0.29) is 29.2 Å². The topological polar surface area (TPSA) is 102 Å². The molecular formula is C15H21N5O3. The van der Waals surface area contributed by atoms with Gasteiger partial charge < -0.3 is 20.7 Å². The van der Waals surface area contributed by atoms with E-state index in [1.165, 1.54) is 6.92 Å². The number of carbonyl (C=O) groups excluding carboxylic acids is 2. The number of nitrogens with one attached hydrogen (secondary N) is 1. The summed E-state index contributed by atoms with van der Waals surface area (Å²) in [7, 11) is 3.27. The number of terminal acetylenes is 1. The molecule has 0 unspecified atom stereocenters. The standard InChI is InChI=1S/C15H21N5O3/c1-5-12-13(14(16)22)15(17-3)20(18-12)10-6-11(8-23-4)19(7-10)9(2)21/h1,10-11,17H,6-8H2,2-4H3,(H2,16,22)/t10-,11+/m0/s1. The molecule has 2 heterocycles. The fourth-order valence-electron chi connectivity index (χ4n) is 3.08. The summed E-state index contributed by atoms with van der Waals surface area (Å²) in [4.78, 5) is 25.2. The molecule has 124 valence electrons. The highest BCUT2D eigenvalue weighted by Gasteiger charge is 2.37. The summed E-state index contributed by atoms with van der Waals surface area (Å²) in [5.41, 5.74) is 5.81. The maximum Gasteiger partial charge on any atom is 0.255 e. The molecule has 0 aliphatic carbocycles. The first kappa shape index (κ1) is 16.8. The summed E-state index contributed by atoms with van der Waals surface area (Å²) in [6.07, 6.45) is 6.09. The van der Waals surface area contributed by atoms with E-state index in [0.717, 1.165) is 0 Å². The number of aromatic nitrogens is 2. The van der Waals surface area contributed by atoms with Crippen molar-refractivity contribution in [3.05, 3.63) is 11.3 Å². The number of likely N-dealkylation sites (tertiary alicyclic amines) is 1. The number of anilines is 1. The number of carbonyl (C=O) groups is 2. The molecule has 8 nitrogen and oxygen atoms in total. The van der Waals surface area contributed by atoms with Crippen LogP contribution < -0.4 is 11.1 Å². The minimum absolute atomic E-state index is 0.0278. The molecule has 2 rings (SSSR count). The molecule has 1 aliphatic heterocycles. The molecule has 0 spiro atoms. The van der Waals surface area contributed by atoms with Crippen molar-refractivity contribution in [2.75, 3.05) is 32.6 Å². The van der Waals surface area contributed by atoms with Gasteiger partial charge in [0, 0.05) is 27.6 Å². The van der Waals surface area contributed by atoms with Gasteiger partial charge >= 0.3 is 0 Å². The SMILES string of the molecule is C#Cc1nn([C@H]2C[C@H](COC)N(C(C)=O)C2)c(NC)c1C(N)=O. The first-order valence-corrected chi connectivity index (χ1v) is 7.27. The Morgan fingerprint density at radius 3 is 2.74 bits per heavy atom. The number of nitrogens with zero attached hydrogens (tertiary/aromatic N) is 3. The largest absolute Gasteiger partial charge is 0.383 e. The average Bonchev–Trinajstić information content (AvgIpc) is 3.07. The number of methoxy groups -OCH3 is 1. The zero-order valence-electron chi connectivity index (χ0n) is 13.5. The summed E-state index contributed by atoms with van der Waals surface area (Å²) >= 11 is 0. The second kappa shape index (κ2) is 6.71. The Bertz CT molecular complexity index is 661. The molecule has 0 bridgehead atoms. The lowest BCUT2D eigenvalue weighted by molar-refractivity contribution is -0.130. The van der Waals surface area contributed by atoms with Gasteiger partial charge in [-0.1, -0.05) is 0 Å². The van der Waals surface area contributed by atoms with Gasteiger partial charge in [-0.25, -0.2) is 4.68 Å². The number of rotatable bonds is 5. The number of hydrogen-bond acceptors (Lipinski definition) is 5. The molecule has 1 aromatic heterocycles. The van der Waals surface area contributed by atoms with Crippen LogP contribution >= 0.6 is 0 Å². The molecule has 2 amide bonds. The van der Waals surface area contributed by atoms with Gasteiger partial charge in [-0.15, -0.1) is 6.42 Å². The van der Waals surface area contributed by atoms with Crippen LogP contribution in [0.3, 0.4) is 0 Å². The molecule has 2 atom stereocenters. The molecule has 0 radical (unpaired) electrons. The first-order chi connectivity index (χ1) is 10.9. The molecule has 8 heteroatoms. The van der Waals surface area contributed by atoms with Crippen molar-refractivity contribution < 1.29 is 14.3 Å². The number of ether oxygens (including phenoxy) is 1. The zero-order valence-corrected chi connectivity index (χ0v) is 13.5. The van der Waals surface area contributed by atoms with E-state index in [0.29, 0.717) is 25.4 Å². The Morgan fingerprint density at radius 2 is 2.26 bits per heavy atom. The summed E-state index contributed by atoms with van der Waals surface area (Å²) < 4.78 is 6.84. The Labute approximate surface area is 134 Å². The van der Waals surface area contributed by atoms with Crippen molar-refractivity contribution in [1.29, 1.82) is 0 Å². The van der Waals surface area contributed by atoms with E-state index in [9.17, 15) is 9.59 Å². The van der Waals surface area contributed by atoms with E-state index in [2.05, 4.69) is 16.3 Å². The van der Waals surface area contributed by atoms with Crippen LogP contribution in [0.5, 0.6) is 0 Å². The Morgan fingerprint density at radius 1 is 1.57 bits per heavy atom. The summed E-state index contributed by atoms with van der Waals surface area (Å²) in [6.45, 7) is 2.44. The lowest BCUT2D eigenvalue weighted by atomic mass is 10.1. The van der Waals surface area contributed by atoms with Crippen LogP contribution in [-0.4, -0.2) is 59.8 Å². The summed E-state index contributed by atoms with van der Waals surface area (Å²) in [6, 6.07) is -0.149. The number of nitrogens with two attached hydrogens (primary N) is 1. The van der Waals surface area contributed by atoms with E-state index < -0.39 is 5.91 Å². The third-order valence-electron chi connectivity index (χ3n) is 4.03. The molecular weight excluding hydrogens is 298 g/mol. The molecule has 3 N–H and O–H groups in total. The van der Waals surface area contributed by atoms with Crippen molar-refractivity contribution >= 4 is 17.6 Å². The van der Waals surface area contributed by atoms with Gasteiger partial charge in [0.25, 0.3) is 5.91 Å². The van der Waals surface area contributed by atoms with E-state index in [1.54, 1.807) is 23.7 Å². The van der Waals surface area contributed by atoms with Crippen molar-refractivity contribution in [1.82, 2.24) is 14.7 Å². The number of hydrogen-bond donors (Lipinski definition) is 2. The lowest BCUT2D eigenvalue weighted by Crippen LogP contribution is -2.36. The monoisotopic (exact) mass is 319 g/mol. The fraction of sp³-hybridized carbons (Fsp3) is 0.533. The van der Waals surface area contributed by atoms with Gasteiger partial charge in [0.15, 0.2) is 0 Å². The van der Waals surface area contributed by atoms with E-state index in [1.807, 2.05) is 0 Å². The smallest absolute Gasteiger partial charge is 0.255 e. The van der Waals surface area contributed by atoms with Crippen molar-refractivity contribution in [3.8, 4) is 12.3 Å². The van der Waals surface area contributed by atoms with Gasteiger partial charge in [0.05, 0.1) is 18.7 Å². The van der Waals surface area contributed by atoms with Crippen LogP contribution in [0, 0.1) is 12.3 Å². The Kier molecular flexibility index (Phi) is 4.91. The average molecular weight is 319 g/mol. The van der Waals surface area contributed by atoms with Gasteiger partial charge in [-0.05, 0) is 12.3 Å². The highest BCUT2D eigenvalue weighted by molar-refractivity contribution is 6.00. The molecule has 0 aromatic carbocycles. The minimum Gasteiger partial charge on any atom is -0.383 e. The molecule has 23 heavy (non-hydrogen) atoms. The number of amides is 2. The molecule has 0 saturated carbocycles. The van der Waals surface area contributed by atoms with Gasteiger partial charge in [-0.3, -0.25) is 9.59 Å². The zero-order chi connectivity index (χ0) is 17.1. The van der Waals surface area contributed by atoms with Gasteiger partial charge in [0.1, 0.15) is 17.1 Å². The van der Waals surface area contributed by atoms with Crippen LogP contribution in [-0.2, 0) is 9.53 Å². The fourth-order valence-corrected chi connectivity index (χ4v) is 3.08. The van der Waals surface area contributed by atoms with Crippen molar-refractivity contribution in [2.45, 2.75) is 25.4 Å². The van der Waals surface area contributed by atoms with Crippen molar-refractivity contribution in [2.24, 2.45) is 5.73 Å². The second-order valence-electron chi connectivity index (χ2n) is 5.45. The highest BCUT2D eigenvalue weighted by Crippen LogP contribution is 2.32. The summed E-state index contributed by atoms with van der Waals surface area (Å²) in [5.74, 6) is 2.19. The van der Waals surface area contributed by atoms with Crippen LogP contribution in [0.15, 0.2) is 0 Å². The third-order valence-corrected chi connectivity index (χ3v) is 4.03. The Balaban J connectivity index is 2.41. The predicted octanol–water partition coefficient (Wildman–Crippen LogP) is -0.187. The van der Waals surface area contributed by atoms with Crippen LogP contribution in [0.1, 0.15) is 35.4 Å². The molecule has 1 fully saturated rings. The summed E-state index contributed by atoms with van der Waals surface area (Å²) in [5, 5.41) is 7.27. The van der Waals surface area contributed by atoms with Gasteiger partial charge in [-0.2, -0.15) is 5.10 Å². The van der Waals surface area contributed by atoms with E-state index in [4.69, 9.17) is 16.9 Å². The Hall–Kier alpha value is -2.53.